The Hall–Kier alpha value is -1.77. The number of halogens is 1. The molecule has 1 saturated heterocycles. The molecule has 0 spiro atoms. The van der Waals surface area contributed by atoms with Gasteiger partial charge >= 0.3 is 5.97 Å². The number of hydrogen-bond acceptors (Lipinski definition) is 5. The van der Waals surface area contributed by atoms with E-state index in [-0.39, 0.29) is 5.97 Å². The van der Waals surface area contributed by atoms with E-state index in [9.17, 15) is 4.79 Å². The van der Waals surface area contributed by atoms with Crippen molar-refractivity contribution in [2.45, 2.75) is 13.0 Å². The van der Waals surface area contributed by atoms with Gasteiger partial charge in [-0.25, -0.2) is 4.79 Å². The molecule has 1 aliphatic rings. The van der Waals surface area contributed by atoms with Crippen molar-refractivity contribution in [2.75, 3.05) is 31.1 Å². The zero-order valence-corrected chi connectivity index (χ0v) is 12.0. The zero-order chi connectivity index (χ0) is 14.5. The number of carbonyl (C=O) groups is 1. The fourth-order valence-electron chi connectivity index (χ4n) is 2.25. The second-order valence-corrected chi connectivity index (χ2v) is 4.85. The molecule has 0 aromatic heterocycles. The van der Waals surface area contributed by atoms with Gasteiger partial charge in [-0.2, -0.15) is 5.26 Å². The third-order valence-electron chi connectivity index (χ3n) is 3.19. The smallest absolute Gasteiger partial charge is 0.330 e. The van der Waals surface area contributed by atoms with E-state index < -0.39 is 6.04 Å². The molecular formula is C14H16ClN3O2. The first-order valence-electron chi connectivity index (χ1n) is 6.51. The largest absolute Gasteiger partial charge is 0.464 e. The summed E-state index contributed by atoms with van der Waals surface area (Å²) >= 11 is 6.22. The molecule has 1 aromatic rings. The van der Waals surface area contributed by atoms with Crippen LogP contribution >= 0.6 is 11.6 Å². The molecule has 20 heavy (non-hydrogen) atoms. The van der Waals surface area contributed by atoms with Gasteiger partial charge in [0.1, 0.15) is 6.04 Å². The Kier molecular flexibility index (Phi) is 4.83. The molecule has 0 radical (unpaired) electrons. The van der Waals surface area contributed by atoms with Crippen LogP contribution in [0.15, 0.2) is 18.2 Å². The minimum atomic E-state index is -0.394. The molecule has 0 bridgehead atoms. The highest BCUT2D eigenvalue weighted by molar-refractivity contribution is 6.33. The number of carbonyl (C=O) groups excluding carboxylic acids is 1. The Morgan fingerprint density at radius 2 is 2.45 bits per heavy atom. The predicted octanol–water partition coefficient (Wildman–Crippen LogP) is 1.55. The average Bonchev–Trinajstić information content (AvgIpc) is 2.47. The van der Waals surface area contributed by atoms with Crippen LogP contribution in [-0.4, -0.2) is 38.3 Å². The maximum absolute atomic E-state index is 12.0. The number of hydrogen-bond donors (Lipinski definition) is 1. The van der Waals surface area contributed by atoms with Gasteiger partial charge in [0, 0.05) is 19.6 Å². The molecule has 1 aliphatic heterocycles. The lowest BCUT2D eigenvalue weighted by atomic mass is 10.1. The highest BCUT2D eigenvalue weighted by Gasteiger charge is 2.31. The Morgan fingerprint density at radius 1 is 1.65 bits per heavy atom. The van der Waals surface area contributed by atoms with E-state index >= 15 is 0 Å². The summed E-state index contributed by atoms with van der Waals surface area (Å²) in [5.41, 5.74) is 1.26. The van der Waals surface area contributed by atoms with Crippen molar-refractivity contribution in [3.8, 4) is 6.07 Å². The van der Waals surface area contributed by atoms with Crippen molar-refractivity contribution < 1.29 is 9.53 Å². The van der Waals surface area contributed by atoms with Crippen molar-refractivity contribution >= 4 is 23.3 Å². The molecule has 0 saturated carbocycles. The topological polar surface area (TPSA) is 65.4 Å². The van der Waals surface area contributed by atoms with E-state index in [1.165, 1.54) is 0 Å². The SMILES string of the molecule is CCOC(=O)C1CNCCN1c1ccc(C#N)cc1Cl. The Bertz CT molecular complexity index is 542. The summed E-state index contributed by atoms with van der Waals surface area (Å²) < 4.78 is 5.10. The van der Waals surface area contributed by atoms with Gasteiger partial charge in [0.05, 0.1) is 28.9 Å². The normalized spacial score (nSPS) is 18.4. The van der Waals surface area contributed by atoms with Gasteiger partial charge in [-0.3, -0.25) is 0 Å². The first-order valence-corrected chi connectivity index (χ1v) is 6.88. The van der Waals surface area contributed by atoms with Crippen molar-refractivity contribution in [3.63, 3.8) is 0 Å². The van der Waals surface area contributed by atoms with E-state index in [1.54, 1.807) is 25.1 Å². The molecule has 1 atom stereocenters. The van der Waals surface area contributed by atoms with Gasteiger partial charge in [0.15, 0.2) is 0 Å². The number of nitrogens with zero attached hydrogens (tertiary/aromatic N) is 2. The van der Waals surface area contributed by atoms with Crippen molar-refractivity contribution in [2.24, 2.45) is 0 Å². The summed E-state index contributed by atoms with van der Waals surface area (Å²) in [6.45, 7) is 4.09. The highest BCUT2D eigenvalue weighted by atomic mass is 35.5. The quantitative estimate of drug-likeness (QED) is 0.857. The average molecular weight is 294 g/mol. The number of nitrogens with one attached hydrogen (secondary N) is 1. The van der Waals surface area contributed by atoms with Crippen LogP contribution in [0.3, 0.4) is 0 Å². The van der Waals surface area contributed by atoms with Crippen molar-refractivity contribution in [1.29, 1.82) is 5.26 Å². The fraction of sp³-hybridized carbons (Fsp3) is 0.429. The molecule has 5 nitrogen and oxygen atoms in total. The molecule has 1 fully saturated rings. The maximum atomic E-state index is 12.0. The van der Waals surface area contributed by atoms with Crippen LogP contribution in [0.5, 0.6) is 0 Å². The van der Waals surface area contributed by atoms with E-state index in [0.717, 1.165) is 12.2 Å². The molecule has 1 unspecified atom stereocenters. The summed E-state index contributed by atoms with van der Waals surface area (Å²) in [7, 11) is 0. The number of piperazine rings is 1. The summed E-state index contributed by atoms with van der Waals surface area (Å²) in [6, 6.07) is 6.74. The first kappa shape index (κ1) is 14.6. The minimum Gasteiger partial charge on any atom is -0.464 e. The van der Waals surface area contributed by atoms with Crippen LogP contribution < -0.4 is 10.2 Å². The monoisotopic (exact) mass is 293 g/mol. The van der Waals surface area contributed by atoms with Crippen LogP contribution in [0.1, 0.15) is 12.5 Å². The summed E-state index contributed by atoms with van der Waals surface area (Å²) in [5.74, 6) is -0.264. The summed E-state index contributed by atoms with van der Waals surface area (Å²) in [6.07, 6.45) is 0. The molecule has 0 amide bonds. The Morgan fingerprint density at radius 3 is 3.10 bits per heavy atom. The van der Waals surface area contributed by atoms with Crippen molar-refractivity contribution in [1.82, 2.24) is 5.32 Å². The fourth-order valence-corrected chi connectivity index (χ4v) is 2.54. The molecule has 1 N–H and O–H groups in total. The number of ether oxygens (including phenoxy) is 1. The van der Waals surface area contributed by atoms with E-state index in [2.05, 4.69) is 5.32 Å². The van der Waals surface area contributed by atoms with E-state index in [0.29, 0.717) is 30.3 Å². The summed E-state index contributed by atoms with van der Waals surface area (Å²) in [5, 5.41) is 12.5. The molecule has 1 aromatic carbocycles. The first-order chi connectivity index (χ1) is 9.67. The van der Waals surface area contributed by atoms with Crippen LogP contribution in [0.25, 0.3) is 0 Å². The standard InChI is InChI=1S/C14H16ClN3O2/c1-2-20-14(19)13-9-17-5-6-18(13)12-4-3-10(8-16)7-11(12)15/h3-4,7,13,17H,2,5-6,9H2,1H3. The molecular weight excluding hydrogens is 278 g/mol. The van der Waals surface area contributed by atoms with E-state index in [1.807, 2.05) is 11.0 Å². The Balaban J connectivity index is 2.28. The van der Waals surface area contributed by atoms with Gasteiger partial charge in [-0.1, -0.05) is 11.6 Å². The summed E-state index contributed by atoms with van der Waals surface area (Å²) in [4.78, 5) is 13.9. The van der Waals surface area contributed by atoms with Gasteiger partial charge < -0.3 is 15.0 Å². The Labute approximate surface area is 123 Å². The van der Waals surface area contributed by atoms with Gasteiger partial charge in [0.25, 0.3) is 0 Å². The van der Waals surface area contributed by atoms with Crippen LogP contribution in [0, 0.1) is 11.3 Å². The third kappa shape index (κ3) is 3.03. The van der Waals surface area contributed by atoms with Gasteiger partial charge in [-0.05, 0) is 25.1 Å². The number of nitriles is 1. The van der Waals surface area contributed by atoms with Crippen molar-refractivity contribution in [3.05, 3.63) is 28.8 Å². The zero-order valence-electron chi connectivity index (χ0n) is 11.2. The van der Waals surface area contributed by atoms with Gasteiger partial charge in [0.2, 0.25) is 0 Å². The third-order valence-corrected chi connectivity index (χ3v) is 3.49. The molecule has 1 heterocycles. The van der Waals surface area contributed by atoms with Crippen LogP contribution in [-0.2, 0) is 9.53 Å². The molecule has 6 heteroatoms. The van der Waals surface area contributed by atoms with Crippen LogP contribution in [0.4, 0.5) is 5.69 Å². The number of anilines is 1. The number of esters is 1. The van der Waals surface area contributed by atoms with Crippen LogP contribution in [0.2, 0.25) is 5.02 Å². The molecule has 2 rings (SSSR count). The van der Waals surface area contributed by atoms with Gasteiger partial charge in [-0.15, -0.1) is 0 Å². The highest BCUT2D eigenvalue weighted by Crippen LogP contribution is 2.29. The number of rotatable bonds is 3. The van der Waals surface area contributed by atoms with E-state index in [4.69, 9.17) is 21.6 Å². The minimum absolute atomic E-state index is 0.264. The lowest BCUT2D eigenvalue weighted by Gasteiger charge is -2.36. The number of benzene rings is 1. The second-order valence-electron chi connectivity index (χ2n) is 4.44. The predicted molar refractivity (Wildman–Crippen MR) is 76.8 cm³/mol. The second kappa shape index (κ2) is 6.60. The maximum Gasteiger partial charge on any atom is 0.330 e. The molecule has 106 valence electrons. The lowest BCUT2D eigenvalue weighted by molar-refractivity contribution is -0.144. The molecule has 0 aliphatic carbocycles. The lowest BCUT2D eigenvalue weighted by Crippen LogP contribution is -2.55.